The highest BCUT2D eigenvalue weighted by Crippen LogP contribution is 2.18. The molecule has 0 aliphatic carbocycles. The third kappa shape index (κ3) is 3.34. The highest BCUT2D eigenvalue weighted by atomic mass is 14.9. The maximum Gasteiger partial charge on any atom is 0.0483 e. The molecule has 0 fully saturated rings. The van der Waals surface area contributed by atoms with Gasteiger partial charge in [0.25, 0.3) is 0 Å². The van der Waals surface area contributed by atoms with Crippen LogP contribution in [0.1, 0.15) is 24.0 Å². The summed E-state index contributed by atoms with van der Waals surface area (Å²) in [5.74, 6) is 0. The van der Waals surface area contributed by atoms with Crippen molar-refractivity contribution in [1.29, 1.82) is 0 Å². The predicted molar refractivity (Wildman–Crippen MR) is 89.2 cm³/mol. The summed E-state index contributed by atoms with van der Waals surface area (Å²) in [6.07, 6.45) is 5.77. The zero-order valence-electron chi connectivity index (χ0n) is 12.3. The highest BCUT2D eigenvalue weighted by Gasteiger charge is 2.02. The first-order valence-corrected chi connectivity index (χ1v) is 7.68. The average Bonchev–Trinajstić information content (AvgIpc) is 2.95. The van der Waals surface area contributed by atoms with E-state index in [0.29, 0.717) is 6.54 Å². The standard InChI is InChI=1S/C19H22N2/c20-15-17-9-10-18-11-13-21(19(18)14-17)12-5-4-8-16-6-2-1-3-7-16/h1-3,6-7,9-11,13-14H,4-5,8,12,15,20H2. The number of hydrogen-bond donors (Lipinski definition) is 1. The number of rotatable bonds is 6. The van der Waals surface area contributed by atoms with Gasteiger partial charge in [-0.25, -0.2) is 0 Å². The molecule has 0 saturated carbocycles. The van der Waals surface area contributed by atoms with Gasteiger partial charge in [-0.2, -0.15) is 0 Å². The van der Waals surface area contributed by atoms with Crippen LogP contribution in [0.25, 0.3) is 10.9 Å². The van der Waals surface area contributed by atoms with E-state index in [4.69, 9.17) is 5.73 Å². The summed E-state index contributed by atoms with van der Waals surface area (Å²) in [5, 5.41) is 1.30. The highest BCUT2D eigenvalue weighted by molar-refractivity contribution is 5.80. The summed E-state index contributed by atoms with van der Waals surface area (Å²) in [6, 6.07) is 19.4. The Morgan fingerprint density at radius 1 is 0.857 bits per heavy atom. The van der Waals surface area contributed by atoms with Gasteiger partial charge in [0.05, 0.1) is 0 Å². The Bertz CT molecular complexity index is 698. The second-order valence-electron chi connectivity index (χ2n) is 5.55. The molecule has 3 aromatic rings. The third-order valence-electron chi connectivity index (χ3n) is 4.03. The van der Waals surface area contributed by atoms with Gasteiger partial charge in [0.2, 0.25) is 0 Å². The number of nitrogens with two attached hydrogens (primary N) is 1. The molecule has 0 saturated heterocycles. The molecule has 21 heavy (non-hydrogen) atoms. The smallest absolute Gasteiger partial charge is 0.0483 e. The van der Waals surface area contributed by atoms with Crippen LogP contribution in [0.3, 0.4) is 0 Å². The average molecular weight is 278 g/mol. The molecule has 1 aromatic heterocycles. The van der Waals surface area contributed by atoms with Crippen LogP contribution in [0.5, 0.6) is 0 Å². The van der Waals surface area contributed by atoms with Gasteiger partial charge in [0, 0.05) is 24.8 Å². The van der Waals surface area contributed by atoms with Gasteiger partial charge in [-0.1, -0.05) is 42.5 Å². The number of benzene rings is 2. The van der Waals surface area contributed by atoms with Crippen molar-refractivity contribution in [3.8, 4) is 0 Å². The van der Waals surface area contributed by atoms with E-state index in [1.807, 2.05) is 0 Å². The molecule has 0 bridgehead atoms. The molecule has 0 atom stereocenters. The van der Waals surface area contributed by atoms with Gasteiger partial charge in [-0.05, 0) is 47.9 Å². The van der Waals surface area contributed by atoms with Crippen molar-refractivity contribution < 1.29 is 0 Å². The lowest BCUT2D eigenvalue weighted by Gasteiger charge is -2.07. The van der Waals surface area contributed by atoms with Crippen LogP contribution in [0, 0.1) is 0 Å². The van der Waals surface area contributed by atoms with E-state index in [1.165, 1.54) is 34.9 Å². The maximum atomic E-state index is 5.74. The molecule has 1 heterocycles. The molecule has 0 radical (unpaired) electrons. The van der Waals surface area contributed by atoms with E-state index < -0.39 is 0 Å². The molecule has 0 aliphatic rings. The van der Waals surface area contributed by atoms with Gasteiger partial charge < -0.3 is 10.3 Å². The van der Waals surface area contributed by atoms with Gasteiger partial charge >= 0.3 is 0 Å². The summed E-state index contributed by atoms with van der Waals surface area (Å²) in [7, 11) is 0. The summed E-state index contributed by atoms with van der Waals surface area (Å²) >= 11 is 0. The Morgan fingerprint density at radius 3 is 2.52 bits per heavy atom. The Balaban J connectivity index is 1.60. The van der Waals surface area contributed by atoms with Crippen molar-refractivity contribution in [3.63, 3.8) is 0 Å². The fourth-order valence-electron chi connectivity index (χ4n) is 2.81. The van der Waals surface area contributed by atoms with E-state index in [9.17, 15) is 0 Å². The molecule has 2 N–H and O–H groups in total. The minimum atomic E-state index is 0.606. The summed E-state index contributed by atoms with van der Waals surface area (Å²) in [4.78, 5) is 0. The van der Waals surface area contributed by atoms with Crippen LogP contribution < -0.4 is 5.73 Å². The van der Waals surface area contributed by atoms with Gasteiger partial charge in [0.15, 0.2) is 0 Å². The van der Waals surface area contributed by atoms with Crippen molar-refractivity contribution in [2.45, 2.75) is 32.4 Å². The number of fused-ring (bicyclic) bond motifs is 1. The van der Waals surface area contributed by atoms with E-state index >= 15 is 0 Å². The molecule has 0 amide bonds. The molecular formula is C19H22N2. The molecule has 2 aromatic carbocycles. The van der Waals surface area contributed by atoms with E-state index in [0.717, 1.165) is 13.0 Å². The Hall–Kier alpha value is -2.06. The number of nitrogens with zero attached hydrogens (tertiary/aromatic N) is 1. The molecule has 108 valence electrons. The molecular weight excluding hydrogens is 256 g/mol. The molecule has 3 rings (SSSR count). The largest absolute Gasteiger partial charge is 0.347 e. The Kier molecular flexibility index (Phi) is 4.37. The summed E-state index contributed by atoms with van der Waals surface area (Å²) < 4.78 is 2.35. The van der Waals surface area contributed by atoms with Gasteiger partial charge in [0.1, 0.15) is 0 Å². The fourth-order valence-corrected chi connectivity index (χ4v) is 2.81. The second-order valence-corrected chi connectivity index (χ2v) is 5.55. The van der Waals surface area contributed by atoms with Crippen molar-refractivity contribution in [1.82, 2.24) is 4.57 Å². The van der Waals surface area contributed by atoms with E-state index in [2.05, 4.69) is 65.4 Å². The van der Waals surface area contributed by atoms with E-state index in [1.54, 1.807) is 0 Å². The summed E-state index contributed by atoms with van der Waals surface area (Å²) in [5.41, 5.74) is 9.67. The first kappa shape index (κ1) is 13.9. The maximum absolute atomic E-state index is 5.74. The van der Waals surface area contributed by atoms with Crippen molar-refractivity contribution in [3.05, 3.63) is 71.9 Å². The monoisotopic (exact) mass is 278 g/mol. The van der Waals surface area contributed by atoms with Crippen LogP contribution in [0.2, 0.25) is 0 Å². The first-order chi connectivity index (χ1) is 10.4. The molecule has 2 nitrogen and oxygen atoms in total. The lowest BCUT2D eigenvalue weighted by Crippen LogP contribution is -1.99. The van der Waals surface area contributed by atoms with Crippen LogP contribution in [-0.4, -0.2) is 4.57 Å². The Labute approximate surface area is 126 Å². The predicted octanol–water partition coefficient (Wildman–Crippen LogP) is 4.12. The number of aryl methyl sites for hydroxylation is 2. The minimum Gasteiger partial charge on any atom is -0.347 e. The van der Waals surface area contributed by atoms with Crippen molar-refractivity contribution in [2.75, 3.05) is 0 Å². The minimum absolute atomic E-state index is 0.606. The Morgan fingerprint density at radius 2 is 1.71 bits per heavy atom. The quantitative estimate of drug-likeness (QED) is 0.675. The number of hydrogen-bond acceptors (Lipinski definition) is 1. The van der Waals surface area contributed by atoms with E-state index in [-0.39, 0.29) is 0 Å². The molecule has 0 spiro atoms. The lowest BCUT2D eigenvalue weighted by molar-refractivity contribution is 0.624. The summed E-state index contributed by atoms with van der Waals surface area (Å²) in [6.45, 7) is 1.68. The van der Waals surface area contributed by atoms with Crippen LogP contribution in [-0.2, 0) is 19.5 Å². The number of unbranched alkanes of at least 4 members (excludes halogenated alkanes) is 1. The zero-order valence-corrected chi connectivity index (χ0v) is 12.3. The van der Waals surface area contributed by atoms with Crippen LogP contribution in [0.4, 0.5) is 0 Å². The number of aromatic nitrogens is 1. The SMILES string of the molecule is NCc1ccc2ccn(CCCCc3ccccc3)c2c1. The van der Waals surface area contributed by atoms with Gasteiger partial charge in [-0.15, -0.1) is 0 Å². The fraction of sp³-hybridized carbons (Fsp3) is 0.263. The van der Waals surface area contributed by atoms with Crippen molar-refractivity contribution in [2.24, 2.45) is 5.73 Å². The van der Waals surface area contributed by atoms with Crippen LogP contribution >= 0.6 is 0 Å². The first-order valence-electron chi connectivity index (χ1n) is 7.68. The van der Waals surface area contributed by atoms with Gasteiger partial charge in [-0.3, -0.25) is 0 Å². The lowest BCUT2D eigenvalue weighted by atomic mass is 10.1. The molecule has 0 aliphatic heterocycles. The topological polar surface area (TPSA) is 30.9 Å². The second kappa shape index (κ2) is 6.59. The molecule has 2 heteroatoms. The zero-order chi connectivity index (χ0) is 14.5. The third-order valence-corrected chi connectivity index (χ3v) is 4.03. The molecule has 0 unspecified atom stereocenters. The van der Waals surface area contributed by atoms with Crippen molar-refractivity contribution >= 4 is 10.9 Å². The van der Waals surface area contributed by atoms with Crippen LogP contribution in [0.15, 0.2) is 60.8 Å². The normalized spacial score (nSPS) is 11.1.